The van der Waals surface area contributed by atoms with Crippen LogP contribution in [0.4, 0.5) is 5.69 Å². The van der Waals surface area contributed by atoms with E-state index in [1.165, 1.54) is 0 Å². The van der Waals surface area contributed by atoms with Gasteiger partial charge in [-0.1, -0.05) is 60.7 Å². The van der Waals surface area contributed by atoms with E-state index in [0.717, 1.165) is 27.6 Å². The van der Waals surface area contributed by atoms with Gasteiger partial charge >= 0.3 is 0 Å². The minimum absolute atomic E-state index is 0.0748. The first-order valence-electron chi connectivity index (χ1n) is 15.0. The zero-order chi connectivity index (χ0) is 31.7. The number of fused-ring (bicyclic) bond motifs is 3. The zero-order valence-corrected chi connectivity index (χ0v) is 25.9. The van der Waals surface area contributed by atoms with Crippen molar-refractivity contribution in [2.24, 2.45) is 0 Å². The maximum absolute atomic E-state index is 14.1. The van der Waals surface area contributed by atoms with Gasteiger partial charge in [0.25, 0.3) is 5.69 Å². The van der Waals surface area contributed by atoms with E-state index in [9.17, 15) is 14.9 Å². The molecule has 45 heavy (non-hydrogen) atoms. The summed E-state index contributed by atoms with van der Waals surface area (Å²) in [7, 11) is 4.84. The summed E-state index contributed by atoms with van der Waals surface area (Å²) < 4.78 is 24.0. The summed E-state index contributed by atoms with van der Waals surface area (Å²) in [5.74, 6) is 1.76. The number of benzene rings is 4. The zero-order valence-electron chi connectivity index (χ0n) is 25.9. The first-order chi connectivity index (χ1) is 21.9. The molecule has 0 saturated carbocycles. The third kappa shape index (κ3) is 5.55. The number of nitro groups is 1. The lowest BCUT2D eigenvalue weighted by molar-refractivity contribution is -0.383. The van der Waals surface area contributed by atoms with Gasteiger partial charge in [0.2, 0.25) is 5.91 Å². The molecule has 0 aliphatic carbocycles. The molecule has 0 aromatic heterocycles. The average Bonchev–Trinajstić information content (AvgIpc) is 3.04. The highest BCUT2D eigenvalue weighted by molar-refractivity contribution is 5.92. The largest absolute Gasteiger partial charge is 0.496 e. The topological polar surface area (TPSA) is 104 Å². The molecule has 0 N–H and O–H groups in total. The molecule has 2 aliphatic rings. The summed E-state index contributed by atoms with van der Waals surface area (Å²) in [5, 5.41) is 13.6. The number of nitrogens with zero attached hydrogens (tertiary/aromatic N) is 3. The van der Waals surface area contributed by atoms with Gasteiger partial charge < -0.3 is 23.8 Å². The predicted octanol–water partition coefficient (Wildman–Crippen LogP) is 5.61. The van der Waals surface area contributed by atoms with Crippen LogP contribution in [0.2, 0.25) is 0 Å². The second-order valence-electron chi connectivity index (χ2n) is 11.5. The quantitative estimate of drug-likeness (QED) is 0.168. The summed E-state index contributed by atoms with van der Waals surface area (Å²) in [5.41, 5.74) is 4.29. The second-order valence-corrected chi connectivity index (χ2v) is 11.5. The summed E-state index contributed by atoms with van der Waals surface area (Å²) in [6.07, 6.45) is 0.525. The Bertz CT molecular complexity index is 1740. The van der Waals surface area contributed by atoms with Crippen molar-refractivity contribution in [3.05, 3.63) is 105 Å². The van der Waals surface area contributed by atoms with Gasteiger partial charge in [-0.3, -0.25) is 19.8 Å². The van der Waals surface area contributed by atoms with E-state index in [1.807, 2.05) is 65.3 Å². The van der Waals surface area contributed by atoms with Gasteiger partial charge in [0, 0.05) is 41.4 Å². The number of carbonyl (C=O) groups excluding carboxylic acids is 1. The van der Waals surface area contributed by atoms with Gasteiger partial charge in [0.15, 0.2) is 11.5 Å². The lowest BCUT2D eigenvalue weighted by Crippen LogP contribution is -2.60. The number of hydrogen-bond acceptors (Lipinski definition) is 8. The molecule has 2 atom stereocenters. The van der Waals surface area contributed by atoms with Crippen LogP contribution in [-0.4, -0.2) is 67.7 Å². The predicted molar refractivity (Wildman–Crippen MR) is 170 cm³/mol. The summed E-state index contributed by atoms with van der Waals surface area (Å²) in [4.78, 5) is 29.9. The molecule has 2 heterocycles. The maximum atomic E-state index is 14.1. The fraction of sp³-hybridized carbons (Fsp3) is 0.343. The van der Waals surface area contributed by atoms with Crippen molar-refractivity contribution in [2.75, 3.05) is 41.0 Å². The van der Waals surface area contributed by atoms with Gasteiger partial charge in [-0.25, -0.2) is 0 Å². The smallest absolute Gasteiger partial charge is 0.281 e. The lowest BCUT2D eigenvalue weighted by atomic mass is 9.83. The summed E-state index contributed by atoms with van der Waals surface area (Å²) >= 11 is 0. The second kappa shape index (κ2) is 12.7. The van der Waals surface area contributed by atoms with Crippen LogP contribution >= 0.6 is 0 Å². The van der Waals surface area contributed by atoms with E-state index in [4.69, 9.17) is 18.9 Å². The standard InChI is InChI=1S/C35H37N3O7/c1-22-33(42-2)28-16-26-18-36(17-25-15-14-24-12-8-9-13-27(24)32(25)38(40)41)19-30(39)37(26)29(31(28)35(44-4)34(22)43-3)21-45-20-23-10-6-5-7-11-23/h5-15,26,29H,16-21H2,1-4H3/t26-,29-/m0/s1. The van der Waals surface area contributed by atoms with Crippen molar-refractivity contribution in [3.63, 3.8) is 0 Å². The number of carbonyl (C=O) groups is 1. The average molecular weight is 612 g/mol. The molecule has 0 unspecified atom stereocenters. The minimum Gasteiger partial charge on any atom is -0.496 e. The minimum atomic E-state index is -0.453. The highest BCUT2D eigenvalue weighted by Crippen LogP contribution is 2.51. The fourth-order valence-electron chi connectivity index (χ4n) is 7.09. The molecule has 234 valence electrons. The molecule has 4 aromatic carbocycles. The van der Waals surface area contributed by atoms with Crippen LogP contribution in [0.3, 0.4) is 0 Å². The van der Waals surface area contributed by atoms with E-state index >= 15 is 0 Å². The van der Waals surface area contributed by atoms with Crippen LogP contribution in [0.5, 0.6) is 17.2 Å². The Morgan fingerprint density at radius 3 is 2.33 bits per heavy atom. The summed E-state index contributed by atoms with van der Waals surface area (Å²) in [6.45, 7) is 3.49. The third-order valence-electron chi connectivity index (χ3n) is 8.91. The van der Waals surface area contributed by atoms with Crippen LogP contribution in [-0.2, 0) is 29.1 Å². The van der Waals surface area contributed by atoms with Crippen molar-refractivity contribution in [1.29, 1.82) is 0 Å². The van der Waals surface area contributed by atoms with E-state index < -0.39 is 6.04 Å². The van der Waals surface area contributed by atoms with Gasteiger partial charge in [-0.15, -0.1) is 0 Å². The van der Waals surface area contributed by atoms with Crippen LogP contribution in [0.25, 0.3) is 10.8 Å². The molecule has 1 amide bonds. The number of nitro benzene ring substituents is 1. The van der Waals surface area contributed by atoms with Crippen LogP contribution in [0.1, 0.15) is 33.9 Å². The molecular formula is C35H37N3O7. The first kappa shape index (κ1) is 30.4. The normalized spacial score (nSPS) is 18.0. The lowest BCUT2D eigenvalue weighted by Gasteiger charge is -2.49. The highest BCUT2D eigenvalue weighted by Gasteiger charge is 2.46. The van der Waals surface area contributed by atoms with Crippen LogP contribution in [0, 0.1) is 17.0 Å². The van der Waals surface area contributed by atoms with Crippen LogP contribution in [0.15, 0.2) is 66.7 Å². The molecule has 1 fully saturated rings. The Morgan fingerprint density at radius 2 is 1.62 bits per heavy atom. The molecule has 4 aromatic rings. The van der Waals surface area contributed by atoms with Crippen molar-refractivity contribution >= 4 is 22.4 Å². The monoisotopic (exact) mass is 611 g/mol. The molecule has 1 saturated heterocycles. The molecular weight excluding hydrogens is 574 g/mol. The van der Waals surface area contributed by atoms with Gasteiger partial charge in [0.1, 0.15) is 5.75 Å². The van der Waals surface area contributed by atoms with Crippen molar-refractivity contribution in [1.82, 2.24) is 9.80 Å². The van der Waals surface area contributed by atoms with Crippen molar-refractivity contribution in [3.8, 4) is 17.2 Å². The third-order valence-corrected chi connectivity index (χ3v) is 8.91. The Hall–Kier alpha value is -4.67. The Kier molecular flexibility index (Phi) is 8.60. The number of rotatable bonds is 10. The van der Waals surface area contributed by atoms with E-state index in [-0.39, 0.29) is 42.3 Å². The SMILES string of the molecule is COc1c(C)c(OC)c(OC)c2c1C[C@H]1CN(Cc3ccc4ccccc4c3[N+](=O)[O-])CC(=O)N1[C@H]2COCc1ccccc1. The first-order valence-corrected chi connectivity index (χ1v) is 15.0. The van der Waals surface area contributed by atoms with Crippen molar-refractivity contribution in [2.45, 2.75) is 38.6 Å². The molecule has 0 bridgehead atoms. The van der Waals surface area contributed by atoms with Gasteiger partial charge in [-0.05, 0) is 30.4 Å². The van der Waals surface area contributed by atoms with Crippen molar-refractivity contribution < 1.29 is 28.7 Å². The Morgan fingerprint density at radius 1 is 0.911 bits per heavy atom. The summed E-state index contributed by atoms with van der Waals surface area (Å²) in [6, 6.07) is 20.3. The Labute approximate surface area is 262 Å². The molecule has 0 radical (unpaired) electrons. The van der Waals surface area contributed by atoms with Gasteiger partial charge in [-0.2, -0.15) is 0 Å². The van der Waals surface area contributed by atoms with Gasteiger partial charge in [0.05, 0.1) is 57.4 Å². The number of hydrogen-bond donors (Lipinski definition) is 0. The number of ether oxygens (including phenoxy) is 4. The number of amides is 1. The Balaban J connectivity index is 1.37. The number of methoxy groups -OCH3 is 3. The fourth-order valence-corrected chi connectivity index (χ4v) is 7.09. The van der Waals surface area contributed by atoms with E-state index in [2.05, 4.69) is 0 Å². The highest BCUT2D eigenvalue weighted by atomic mass is 16.6. The van der Waals surface area contributed by atoms with E-state index in [0.29, 0.717) is 47.8 Å². The molecule has 10 heteroatoms. The van der Waals surface area contributed by atoms with Crippen LogP contribution < -0.4 is 14.2 Å². The molecule has 10 nitrogen and oxygen atoms in total. The molecule has 2 aliphatic heterocycles. The molecule has 0 spiro atoms. The maximum Gasteiger partial charge on any atom is 0.281 e. The van der Waals surface area contributed by atoms with E-state index in [1.54, 1.807) is 39.5 Å². The number of piperazine rings is 1. The molecule has 6 rings (SSSR count).